The summed E-state index contributed by atoms with van der Waals surface area (Å²) < 4.78 is 0. The van der Waals surface area contributed by atoms with Crippen LogP contribution in [0, 0.1) is 11.8 Å². The van der Waals surface area contributed by atoms with Gasteiger partial charge in [0, 0.05) is 6.42 Å². The van der Waals surface area contributed by atoms with Gasteiger partial charge in [0.2, 0.25) is 23.6 Å². The smallest absolute Gasteiger partial charge is 0.326 e. The maximum absolute atomic E-state index is 13.0. The number of rotatable bonds is 16. The molecule has 0 aliphatic carbocycles. The Kier molecular flexibility index (Phi) is 14.4. The van der Waals surface area contributed by atoms with E-state index in [0.29, 0.717) is 18.6 Å². The second-order valence-corrected chi connectivity index (χ2v) is 9.70. The summed E-state index contributed by atoms with van der Waals surface area (Å²) in [5.41, 5.74) is 11.1. The Morgan fingerprint density at radius 1 is 0.879 bits per heavy atom. The number of hydrogen-bond acceptors (Lipinski definition) is 7. The first kappa shape index (κ1) is 30.7. The predicted octanol–water partition coefficient (Wildman–Crippen LogP) is -0.427. The molecular weight excluding hydrogens is 450 g/mol. The molecule has 0 heterocycles. The highest BCUT2D eigenvalue weighted by Crippen LogP contribution is 2.09. The van der Waals surface area contributed by atoms with Crippen molar-refractivity contribution in [3.8, 4) is 0 Å². The number of hydrogen-bond donors (Lipinski definition) is 6. The van der Waals surface area contributed by atoms with Crippen molar-refractivity contribution < 1.29 is 29.1 Å². The molecule has 0 bridgehead atoms. The SMILES string of the molecule is CSCCC(N)C(=O)NC(CC(C)C)C(=O)NC(CCC(N)=O)C(=O)NC(C(=O)O)C(C)C. The van der Waals surface area contributed by atoms with Crippen molar-refractivity contribution in [3.63, 3.8) is 0 Å². The van der Waals surface area contributed by atoms with Crippen LogP contribution < -0.4 is 27.4 Å². The van der Waals surface area contributed by atoms with Crippen molar-refractivity contribution >= 4 is 41.4 Å². The summed E-state index contributed by atoms with van der Waals surface area (Å²) in [5.74, 6) is -3.43. The monoisotopic (exact) mass is 489 g/mol. The van der Waals surface area contributed by atoms with Gasteiger partial charge < -0.3 is 32.5 Å². The summed E-state index contributed by atoms with van der Waals surface area (Å²) in [6.45, 7) is 7.00. The van der Waals surface area contributed by atoms with E-state index in [1.54, 1.807) is 25.6 Å². The molecule has 0 aromatic rings. The molecule has 0 saturated carbocycles. The molecule has 190 valence electrons. The van der Waals surface area contributed by atoms with E-state index in [9.17, 15) is 29.1 Å². The van der Waals surface area contributed by atoms with Gasteiger partial charge in [-0.05, 0) is 43.1 Å². The van der Waals surface area contributed by atoms with Gasteiger partial charge in [-0.25, -0.2) is 4.79 Å². The summed E-state index contributed by atoms with van der Waals surface area (Å²) in [4.78, 5) is 60.9. The van der Waals surface area contributed by atoms with E-state index < -0.39 is 59.7 Å². The molecule has 12 heteroatoms. The normalized spacial score (nSPS) is 14.8. The van der Waals surface area contributed by atoms with Crippen LogP contribution in [0.1, 0.15) is 53.4 Å². The van der Waals surface area contributed by atoms with Crippen LogP contribution in [-0.2, 0) is 24.0 Å². The quantitative estimate of drug-likeness (QED) is 0.168. The van der Waals surface area contributed by atoms with Crippen LogP contribution in [0.2, 0.25) is 0 Å². The molecule has 0 saturated heterocycles. The fourth-order valence-electron chi connectivity index (χ4n) is 2.95. The third-order valence-corrected chi connectivity index (χ3v) is 5.50. The van der Waals surface area contributed by atoms with E-state index >= 15 is 0 Å². The van der Waals surface area contributed by atoms with E-state index in [-0.39, 0.29) is 18.8 Å². The number of carbonyl (C=O) groups excluding carboxylic acids is 4. The highest BCUT2D eigenvalue weighted by molar-refractivity contribution is 7.98. The van der Waals surface area contributed by atoms with E-state index in [1.807, 2.05) is 20.1 Å². The molecule has 0 rings (SSSR count). The van der Waals surface area contributed by atoms with Gasteiger partial charge in [0.1, 0.15) is 18.1 Å². The van der Waals surface area contributed by atoms with E-state index in [0.717, 1.165) is 0 Å². The molecule has 4 atom stereocenters. The van der Waals surface area contributed by atoms with Crippen LogP contribution in [0.3, 0.4) is 0 Å². The summed E-state index contributed by atoms with van der Waals surface area (Å²) in [6.07, 6.45) is 2.32. The minimum absolute atomic E-state index is 0.0405. The molecule has 11 nitrogen and oxygen atoms in total. The van der Waals surface area contributed by atoms with Crippen molar-refractivity contribution in [2.24, 2.45) is 23.3 Å². The van der Waals surface area contributed by atoms with Crippen molar-refractivity contribution in [1.29, 1.82) is 0 Å². The third-order valence-electron chi connectivity index (χ3n) is 4.85. The largest absolute Gasteiger partial charge is 0.480 e. The number of primary amides is 1. The Balaban J connectivity index is 5.52. The minimum atomic E-state index is -1.22. The molecule has 0 aliphatic rings. The highest BCUT2D eigenvalue weighted by atomic mass is 32.2. The number of carboxylic acids is 1. The molecular formula is C21H39N5O6S. The van der Waals surface area contributed by atoms with Gasteiger partial charge in [0.15, 0.2) is 0 Å². The first-order valence-corrected chi connectivity index (χ1v) is 12.4. The standard InChI is InChI=1S/C21H39N5O6S/c1-11(2)10-15(25-18(28)13(22)8-9-33-5)20(30)24-14(6-7-16(23)27)19(29)26-17(12(3)4)21(31)32/h11-15,17H,6-10,22H2,1-5H3,(H2,23,27)(H,24,30)(H,25,28)(H,26,29)(H,31,32). The Hall–Kier alpha value is -2.34. The van der Waals surface area contributed by atoms with Crippen molar-refractivity contribution in [2.75, 3.05) is 12.0 Å². The van der Waals surface area contributed by atoms with E-state index in [2.05, 4.69) is 16.0 Å². The Labute approximate surface area is 199 Å². The van der Waals surface area contributed by atoms with Gasteiger partial charge in [-0.3, -0.25) is 19.2 Å². The minimum Gasteiger partial charge on any atom is -0.480 e. The topological polar surface area (TPSA) is 194 Å². The molecule has 0 aromatic carbocycles. The van der Waals surface area contributed by atoms with Crippen LogP contribution >= 0.6 is 11.8 Å². The molecule has 4 unspecified atom stereocenters. The van der Waals surface area contributed by atoms with Gasteiger partial charge in [-0.2, -0.15) is 11.8 Å². The summed E-state index contributed by atoms with van der Waals surface area (Å²) in [7, 11) is 0. The Bertz CT molecular complexity index is 688. The Morgan fingerprint density at radius 3 is 1.88 bits per heavy atom. The van der Waals surface area contributed by atoms with Crippen LogP contribution in [-0.4, -0.2) is 70.9 Å². The average molecular weight is 490 g/mol. The van der Waals surface area contributed by atoms with Gasteiger partial charge in [0.25, 0.3) is 0 Å². The molecule has 0 spiro atoms. The highest BCUT2D eigenvalue weighted by Gasteiger charge is 2.31. The lowest BCUT2D eigenvalue weighted by molar-refractivity contribution is -0.143. The summed E-state index contributed by atoms with van der Waals surface area (Å²) in [5, 5.41) is 16.9. The Morgan fingerprint density at radius 2 is 1.42 bits per heavy atom. The molecule has 8 N–H and O–H groups in total. The van der Waals surface area contributed by atoms with Crippen LogP contribution in [0.4, 0.5) is 0 Å². The zero-order valence-electron chi connectivity index (χ0n) is 20.1. The van der Waals surface area contributed by atoms with Crippen molar-refractivity contribution in [1.82, 2.24) is 16.0 Å². The lowest BCUT2D eigenvalue weighted by Crippen LogP contribution is -2.58. The van der Waals surface area contributed by atoms with Gasteiger partial charge in [-0.15, -0.1) is 0 Å². The average Bonchev–Trinajstić information content (AvgIpc) is 2.71. The zero-order valence-corrected chi connectivity index (χ0v) is 20.9. The van der Waals surface area contributed by atoms with E-state index in [1.165, 1.54) is 0 Å². The third kappa shape index (κ3) is 12.5. The van der Waals surface area contributed by atoms with Crippen molar-refractivity contribution in [2.45, 2.75) is 77.5 Å². The van der Waals surface area contributed by atoms with Crippen LogP contribution in [0.15, 0.2) is 0 Å². The number of carboxylic acid groups (broad SMARTS) is 1. The maximum atomic E-state index is 13.0. The summed E-state index contributed by atoms with van der Waals surface area (Å²) >= 11 is 1.55. The second-order valence-electron chi connectivity index (χ2n) is 8.71. The number of amides is 4. The lowest BCUT2D eigenvalue weighted by atomic mass is 10.0. The molecule has 0 fully saturated rings. The first-order chi connectivity index (χ1) is 15.3. The van der Waals surface area contributed by atoms with Gasteiger partial charge in [0.05, 0.1) is 6.04 Å². The number of thioether (sulfide) groups is 1. The van der Waals surface area contributed by atoms with Crippen molar-refractivity contribution in [3.05, 3.63) is 0 Å². The zero-order chi connectivity index (χ0) is 25.7. The molecule has 33 heavy (non-hydrogen) atoms. The summed E-state index contributed by atoms with van der Waals surface area (Å²) in [6, 6.07) is -4.12. The predicted molar refractivity (Wildman–Crippen MR) is 127 cm³/mol. The maximum Gasteiger partial charge on any atom is 0.326 e. The molecule has 0 radical (unpaired) electrons. The fraction of sp³-hybridized carbons (Fsp3) is 0.762. The fourth-order valence-corrected chi connectivity index (χ4v) is 3.44. The number of nitrogens with two attached hydrogens (primary N) is 2. The van der Waals surface area contributed by atoms with Gasteiger partial charge in [-0.1, -0.05) is 27.7 Å². The molecule has 4 amide bonds. The molecule has 0 aliphatic heterocycles. The first-order valence-electron chi connectivity index (χ1n) is 11.0. The molecule has 0 aromatic heterocycles. The number of nitrogens with one attached hydrogen (secondary N) is 3. The van der Waals surface area contributed by atoms with E-state index in [4.69, 9.17) is 11.5 Å². The van der Waals surface area contributed by atoms with Crippen LogP contribution in [0.25, 0.3) is 0 Å². The van der Waals surface area contributed by atoms with Gasteiger partial charge >= 0.3 is 5.97 Å². The number of aliphatic carboxylic acids is 1. The number of carbonyl (C=O) groups is 5. The van der Waals surface area contributed by atoms with Crippen LogP contribution in [0.5, 0.6) is 0 Å². The second kappa shape index (κ2) is 15.5. The lowest BCUT2D eigenvalue weighted by Gasteiger charge is -2.26.